The van der Waals surface area contributed by atoms with Gasteiger partial charge >= 0.3 is 0 Å². The summed E-state index contributed by atoms with van der Waals surface area (Å²) in [4.78, 5) is 0.0664. The molecule has 122 valence electrons. The van der Waals surface area contributed by atoms with Gasteiger partial charge in [0.05, 0.1) is 5.02 Å². The highest BCUT2D eigenvalue weighted by Gasteiger charge is 2.26. The van der Waals surface area contributed by atoms with Crippen molar-refractivity contribution < 1.29 is 12.8 Å². The van der Waals surface area contributed by atoms with Crippen LogP contribution < -0.4 is 4.72 Å². The number of hydrogen-bond acceptors (Lipinski definition) is 2. The van der Waals surface area contributed by atoms with E-state index < -0.39 is 10.0 Å². The summed E-state index contributed by atoms with van der Waals surface area (Å²) in [5.41, 5.74) is 1.87. The summed E-state index contributed by atoms with van der Waals surface area (Å²) < 4.78 is 41.4. The number of halogens is 2. The van der Waals surface area contributed by atoms with Crippen molar-refractivity contribution in [3.63, 3.8) is 0 Å². The Kier molecular flexibility index (Phi) is 4.45. The van der Waals surface area contributed by atoms with Gasteiger partial charge in [0.1, 0.15) is 10.7 Å². The van der Waals surface area contributed by atoms with Gasteiger partial charge < -0.3 is 0 Å². The van der Waals surface area contributed by atoms with Gasteiger partial charge in [-0.2, -0.15) is 0 Å². The van der Waals surface area contributed by atoms with Crippen molar-refractivity contribution in [2.24, 2.45) is 0 Å². The Hall–Kier alpha value is -1.43. The van der Waals surface area contributed by atoms with Crippen molar-refractivity contribution in [3.8, 4) is 0 Å². The fraction of sp³-hybridized carbons (Fsp3) is 0.294. The molecular formula is C17H17ClFNO2S. The fourth-order valence-electron chi connectivity index (χ4n) is 2.61. The van der Waals surface area contributed by atoms with Crippen LogP contribution in [0.4, 0.5) is 4.39 Å². The molecule has 3 rings (SSSR count). The number of nitrogens with one attached hydrogen (secondary N) is 1. The molecule has 2 aromatic rings. The molecule has 0 radical (unpaired) electrons. The number of rotatable bonds is 5. The van der Waals surface area contributed by atoms with Crippen LogP contribution in [0.25, 0.3) is 0 Å². The zero-order valence-electron chi connectivity index (χ0n) is 12.6. The van der Waals surface area contributed by atoms with Gasteiger partial charge in [-0.05, 0) is 54.5 Å². The first kappa shape index (κ1) is 16.4. The van der Waals surface area contributed by atoms with Gasteiger partial charge in [0.15, 0.2) is 0 Å². The van der Waals surface area contributed by atoms with Gasteiger partial charge in [0.2, 0.25) is 10.0 Å². The summed E-state index contributed by atoms with van der Waals surface area (Å²) in [6.45, 7) is 1.71. The predicted molar refractivity (Wildman–Crippen MR) is 88.6 cm³/mol. The molecule has 0 saturated heterocycles. The van der Waals surface area contributed by atoms with Crippen LogP contribution in [0, 0.1) is 12.7 Å². The minimum absolute atomic E-state index is 0.0227. The molecule has 0 aromatic heterocycles. The minimum atomic E-state index is -3.75. The molecule has 1 N–H and O–H groups in total. The van der Waals surface area contributed by atoms with Crippen LogP contribution in [-0.2, 0) is 16.6 Å². The fourth-order valence-corrected chi connectivity index (χ4v) is 4.46. The molecule has 0 atom stereocenters. The summed E-state index contributed by atoms with van der Waals surface area (Å²) >= 11 is 6.00. The van der Waals surface area contributed by atoms with E-state index in [-0.39, 0.29) is 22.3 Å². The zero-order valence-corrected chi connectivity index (χ0v) is 14.2. The molecule has 0 heterocycles. The second kappa shape index (κ2) is 6.23. The third kappa shape index (κ3) is 3.57. The van der Waals surface area contributed by atoms with Crippen LogP contribution in [-0.4, -0.2) is 8.42 Å². The molecule has 23 heavy (non-hydrogen) atoms. The van der Waals surface area contributed by atoms with Gasteiger partial charge in [-0.3, -0.25) is 0 Å². The average Bonchev–Trinajstić information content (AvgIpc) is 3.29. The number of aryl methyl sites for hydroxylation is 1. The number of benzene rings is 2. The first-order chi connectivity index (χ1) is 10.9. The standard InChI is InChI=1S/C17H17ClFNO2S/c1-11-3-2-4-15(18)17(11)23(21,22)20-10-12-5-8-14(13-6-7-13)16(19)9-12/h2-5,8-9,13,20H,6-7,10H2,1H3. The van der Waals surface area contributed by atoms with Crippen LogP contribution in [0.3, 0.4) is 0 Å². The second-order valence-corrected chi connectivity index (χ2v) is 7.95. The molecule has 0 spiro atoms. The van der Waals surface area contributed by atoms with E-state index in [1.807, 2.05) is 0 Å². The first-order valence-electron chi connectivity index (χ1n) is 7.41. The molecule has 1 fully saturated rings. The summed E-state index contributed by atoms with van der Waals surface area (Å²) in [7, 11) is -3.75. The molecule has 1 saturated carbocycles. The van der Waals surface area contributed by atoms with Crippen LogP contribution in [0.2, 0.25) is 5.02 Å². The van der Waals surface area contributed by atoms with E-state index in [9.17, 15) is 12.8 Å². The lowest BCUT2D eigenvalue weighted by Crippen LogP contribution is -2.24. The highest BCUT2D eigenvalue weighted by Crippen LogP contribution is 2.41. The molecule has 1 aliphatic rings. The molecule has 2 aromatic carbocycles. The van der Waals surface area contributed by atoms with E-state index in [1.165, 1.54) is 12.1 Å². The second-order valence-electron chi connectivity index (χ2n) is 5.84. The Balaban J connectivity index is 1.78. The minimum Gasteiger partial charge on any atom is -0.207 e. The summed E-state index contributed by atoms with van der Waals surface area (Å²) in [6, 6.07) is 9.83. The molecule has 0 amide bonds. The van der Waals surface area contributed by atoms with Gasteiger partial charge in [0, 0.05) is 6.54 Å². The number of sulfonamides is 1. The largest absolute Gasteiger partial charge is 0.242 e. The van der Waals surface area contributed by atoms with Crippen LogP contribution in [0.15, 0.2) is 41.3 Å². The predicted octanol–water partition coefficient (Wildman–Crippen LogP) is 4.14. The maximum absolute atomic E-state index is 14.0. The van der Waals surface area contributed by atoms with Crippen LogP contribution in [0.5, 0.6) is 0 Å². The maximum Gasteiger partial charge on any atom is 0.242 e. The molecule has 0 unspecified atom stereocenters. The van der Waals surface area contributed by atoms with Crippen LogP contribution in [0.1, 0.15) is 35.4 Å². The average molecular weight is 354 g/mol. The van der Waals surface area contributed by atoms with E-state index in [2.05, 4.69) is 4.72 Å². The zero-order chi connectivity index (χ0) is 16.6. The van der Waals surface area contributed by atoms with E-state index in [1.54, 1.807) is 31.2 Å². The third-order valence-corrected chi connectivity index (χ3v) is 6.01. The maximum atomic E-state index is 14.0. The molecule has 1 aliphatic carbocycles. The monoisotopic (exact) mass is 353 g/mol. The molecule has 0 aliphatic heterocycles. The van der Waals surface area contributed by atoms with Crippen molar-refractivity contribution in [2.75, 3.05) is 0 Å². The molecule has 0 bridgehead atoms. The normalized spacial score (nSPS) is 14.9. The lowest BCUT2D eigenvalue weighted by molar-refractivity contribution is 0.579. The van der Waals surface area contributed by atoms with Crippen molar-refractivity contribution in [1.82, 2.24) is 4.72 Å². The highest BCUT2D eigenvalue weighted by atomic mass is 35.5. The SMILES string of the molecule is Cc1cccc(Cl)c1S(=O)(=O)NCc1ccc(C2CC2)c(F)c1. The first-order valence-corrected chi connectivity index (χ1v) is 9.28. The number of hydrogen-bond donors (Lipinski definition) is 1. The Morgan fingerprint density at radius 2 is 2.00 bits per heavy atom. The lowest BCUT2D eigenvalue weighted by Gasteiger charge is -2.11. The van der Waals surface area contributed by atoms with Crippen molar-refractivity contribution >= 4 is 21.6 Å². The van der Waals surface area contributed by atoms with E-state index in [0.717, 1.165) is 18.4 Å². The highest BCUT2D eigenvalue weighted by molar-refractivity contribution is 7.89. The van der Waals surface area contributed by atoms with Gasteiger partial charge in [-0.1, -0.05) is 35.9 Å². The topological polar surface area (TPSA) is 46.2 Å². The summed E-state index contributed by atoms with van der Waals surface area (Å²) in [5, 5.41) is 0.174. The summed E-state index contributed by atoms with van der Waals surface area (Å²) in [5.74, 6) is 0.0599. The van der Waals surface area contributed by atoms with Crippen molar-refractivity contribution in [2.45, 2.75) is 37.1 Å². The van der Waals surface area contributed by atoms with Gasteiger partial charge in [-0.15, -0.1) is 0 Å². The summed E-state index contributed by atoms with van der Waals surface area (Å²) in [6.07, 6.45) is 2.04. The van der Waals surface area contributed by atoms with Crippen LogP contribution >= 0.6 is 11.6 Å². The molecular weight excluding hydrogens is 337 g/mol. The van der Waals surface area contributed by atoms with E-state index >= 15 is 0 Å². The Bertz CT molecular complexity index is 827. The Morgan fingerprint density at radius 1 is 1.26 bits per heavy atom. The van der Waals surface area contributed by atoms with Gasteiger partial charge in [-0.25, -0.2) is 17.5 Å². The molecule has 6 heteroatoms. The van der Waals surface area contributed by atoms with Crippen molar-refractivity contribution in [3.05, 3.63) is 63.9 Å². The smallest absolute Gasteiger partial charge is 0.207 e. The van der Waals surface area contributed by atoms with E-state index in [0.29, 0.717) is 17.0 Å². The Labute approximate surface area is 140 Å². The Morgan fingerprint density at radius 3 is 2.61 bits per heavy atom. The van der Waals surface area contributed by atoms with E-state index in [4.69, 9.17) is 11.6 Å². The molecule has 3 nitrogen and oxygen atoms in total. The van der Waals surface area contributed by atoms with Crippen molar-refractivity contribution in [1.29, 1.82) is 0 Å². The lowest BCUT2D eigenvalue weighted by atomic mass is 10.1. The third-order valence-electron chi connectivity index (χ3n) is 3.98. The quantitative estimate of drug-likeness (QED) is 0.878. The van der Waals surface area contributed by atoms with Gasteiger partial charge in [0.25, 0.3) is 0 Å².